The van der Waals surface area contributed by atoms with Gasteiger partial charge in [-0.2, -0.15) is 24.6 Å². The summed E-state index contributed by atoms with van der Waals surface area (Å²) in [4.78, 5) is 0. The van der Waals surface area contributed by atoms with Crippen molar-refractivity contribution >= 4 is 29.1 Å². The van der Waals surface area contributed by atoms with Crippen LogP contribution in [0.1, 0.15) is 11.1 Å². The third kappa shape index (κ3) is 4.35. The Labute approximate surface area is 90.3 Å². The zero-order valence-corrected chi connectivity index (χ0v) is 8.56. The van der Waals surface area contributed by atoms with Crippen LogP contribution in [0.3, 0.4) is 0 Å². The first kappa shape index (κ1) is 13.5. The van der Waals surface area contributed by atoms with Crippen molar-refractivity contribution in [1.82, 2.24) is 0 Å². The van der Waals surface area contributed by atoms with Gasteiger partial charge in [0.25, 0.3) is 0 Å². The van der Waals surface area contributed by atoms with E-state index in [1.54, 1.807) is 0 Å². The molecule has 1 aromatic rings. The van der Waals surface area contributed by atoms with Crippen molar-refractivity contribution in [3.63, 3.8) is 0 Å². The summed E-state index contributed by atoms with van der Waals surface area (Å²) in [6.07, 6.45) is 1.81. The maximum absolute atomic E-state index is 3.78. The van der Waals surface area contributed by atoms with Crippen molar-refractivity contribution in [2.24, 2.45) is 0 Å². The second kappa shape index (κ2) is 6.59. The predicted molar refractivity (Wildman–Crippen MR) is 46.7 cm³/mol. The minimum atomic E-state index is 0. The molecule has 0 amide bonds. The fourth-order valence-corrected chi connectivity index (χ4v) is 0.720. The van der Waals surface area contributed by atoms with Crippen LogP contribution < -0.4 is 12.4 Å². The maximum atomic E-state index is 3.78. The molecule has 0 fully saturated rings. The Morgan fingerprint density at radius 3 is 2.36 bits per heavy atom. The first-order valence-electron chi connectivity index (χ1n) is 2.87. The molecule has 1 rings (SSSR count). The SMILES string of the molecule is C=Cc1cccc([CH2-])c1.[Cl-].[Mg+2]. The van der Waals surface area contributed by atoms with Crippen LogP contribution in [0.5, 0.6) is 0 Å². The average molecular weight is 177 g/mol. The van der Waals surface area contributed by atoms with E-state index < -0.39 is 0 Å². The summed E-state index contributed by atoms with van der Waals surface area (Å²) in [6.45, 7) is 7.43. The van der Waals surface area contributed by atoms with Gasteiger partial charge < -0.3 is 12.4 Å². The molecule has 0 bridgehead atoms. The molecule has 54 valence electrons. The molecule has 0 saturated heterocycles. The molecule has 0 aliphatic rings. The molecule has 11 heavy (non-hydrogen) atoms. The zero-order chi connectivity index (χ0) is 6.69. The predicted octanol–water partition coefficient (Wildman–Crippen LogP) is -0.865. The molecule has 0 radical (unpaired) electrons. The first-order valence-corrected chi connectivity index (χ1v) is 2.87. The number of hydrogen-bond donors (Lipinski definition) is 0. The average Bonchev–Trinajstić information content (AvgIpc) is 1.88. The molecule has 0 aliphatic carbocycles. The molecule has 0 aliphatic heterocycles. The third-order valence-electron chi connectivity index (χ3n) is 1.19. The molecular formula is C9H9ClMg. The summed E-state index contributed by atoms with van der Waals surface area (Å²) in [6, 6.07) is 7.93. The molecule has 0 unspecified atom stereocenters. The van der Waals surface area contributed by atoms with Gasteiger partial charge in [-0.15, -0.1) is 6.07 Å². The normalized spacial score (nSPS) is 7.27. The van der Waals surface area contributed by atoms with Gasteiger partial charge in [0.15, 0.2) is 0 Å². The van der Waals surface area contributed by atoms with Crippen LogP contribution in [0.2, 0.25) is 0 Å². The van der Waals surface area contributed by atoms with Gasteiger partial charge >= 0.3 is 23.1 Å². The largest absolute Gasteiger partial charge is 2.00 e. The Kier molecular flexibility index (Phi) is 8.07. The fraction of sp³-hybridized carbons (Fsp3) is 0. The van der Waals surface area contributed by atoms with E-state index in [2.05, 4.69) is 13.5 Å². The van der Waals surface area contributed by atoms with E-state index in [1.807, 2.05) is 30.3 Å². The van der Waals surface area contributed by atoms with E-state index in [0.717, 1.165) is 11.1 Å². The molecule has 0 aromatic heterocycles. The molecule has 0 atom stereocenters. The van der Waals surface area contributed by atoms with E-state index in [-0.39, 0.29) is 35.5 Å². The van der Waals surface area contributed by atoms with Gasteiger partial charge in [-0.3, -0.25) is 0 Å². The van der Waals surface area contributed by atoms with Crippen LogP contribution in [0.25, 0.3) is 6.08 Å². The Morgan fingerprint density at radius 1 is 1.36 bits per heavy atom. The smallest absolute Gasteiger partial charge is 1.00 e. The molecule has 0 saturated carbocycles. The summed E-state index contributed by atoms with van der Waals surface area (Å²) < 4.78 is 0. The molecule has 0 spiro atoms. The Balaban J connectivity index is 0. The Hall–Kier alpha value is -0.114. The van der Waals surface area contributed by atoms with Crippen LogP contribution >= 0.6 is 0 Å². The van der Waals surface area contributed by atoms with Crippen LogP contribution in [-0.4, -0.2) is 23.1 Å². The van der Waals surface area contributed by atoms with E-state index in [1.165, 1.54) is 0 Å². The summed E-state index contributed by atoms with van der Waals surface area (Å²) in [5, 5.41) is 0. The molecule has 1 aromatic carbocycles. The number of benzene rings is 1. The van der Waals surface area contributed by atoms with E-state index in [4.69, 9.17) is 0 Å². The number of rotatable bonds is 1. The minimum Gasteiger partial charge on any atom is -1.00 e. The molecule has 2 heteroatoms. The topological polar surface area (TPSA) is 0 Å². The van der Waals surface area contributed by atoms with Crippen LogP contribution in [-0.2, 0) is 0 Å². The maximum Gasteiger partial charge on any atom is 2.00 e. The van der Waals surface area contributed by atoms with Crippen molar-refractivity contribution in [3.8, 4) is 0 Å². The monoisotopic (exact) mass is 176 g/mol. The summed E-state index contributed by atoms with van der Waals surface area (Å²) in [7, 11) is 0. The van der Waals surface area contributed by atoms with Gasteiger partial charge in [-0.25, -0.2) is 0 Å². The Morgan fingerprint density at radius 2 is 2.00 bits per heavy atom. The van der Waals surface area contributed by atoms with Gasteiger partial charge in [-0.1, -0.05) is 24.3 Å². The molecule has 0 N–H and O–H groups in total. The summed E-state index contributed by atoms with van der Waals surface area (Å²) >= 11 is 0. The molecule has 0 heterocycles. The van der Waals surface area contributed by atoms with Crippen molar-refractivity contribution in [2.75, 3.05) is 0 Å². The zero-order valence-electron chi connectivity index (χ0n) is 6.39. The second-order valence-corrected chi connectivity index (χ2v) is 1.95. The van der Waals surface area contributed by atoms with E-state index in [0.29, 0.717) is 0 Å². The van der Waals surface area contributed by atoms with Crippen LogP contribution in [0.15, 0.2) is 30.8 Å². The van der Waals surface area contributed by atoms with Gasteiger partial charge in [0, 0.05) is 0 Å². The fourth-order valence-electron chi connectivity index (χ4n) is 0.720. The summed E-state index contributed by atoms with van der Waals surface area (Å²) in [5.41, 5.74) is 2.16. The molecular weight excluding hydrogens is 168 g/mol. The first-order chi connectivity index (χ1) is 4.33. The van der Waals surface area contributed by atoms with Gasteiger partial charge in [0.2, 0.25) is 0 Å². The van der Waals surface area contributed by atoms with Crippen molar-refractivity contribution < 1.29 is 12.4 Å². The van der Waals surface area contributed by atoms with Gasteiger partial charge in [0.1, 0.15) is 0 Å². The second-order valence-electron chi connectivity index (χ2n) is 1.95. The standard InChI is InChI=1S/C9H9.ClH.Mg/c1-3-9-6-4-5-8(2)7-9;;/h3-7H,1-2H2;1H;/q-1;;+2/p-1. The Bertz CT molecular complexity index is 221. The number of hydrogen-bond acceptors (Lipinski definition) is 0. The van der Waals surface area contributed by atoms with Crippen molar-refractivity contribution in [1.29, 1.82) is 0 Å². The van der Waals surface area contributed by atoms with Gasteiger partial charge in [0.05, 0.1) is 0 Å². The molecule has 0 nitrogen and oxygen atoms in total. The quantitative estimate of drug-likeness (QED) is 0.386. The van der Waals surface area contributed by atoms with Crippen molar-refractivity contribution in [2.45, 2.75) is 0 Å². The number of halogens is 1. The van der Waals surface area contributed by atoms with Crippen LogP contribution in [0, 0.1) is 6.92 Å². The minimum absolute atomic E-state index is 0. The summed E-state index contributed by atoms with van der Waals surface area (Å²) in [5.74, 6) is 0. The third-order valence-corrected chi connectivity index (χ3v) is 1.19. The van der Waals surface area contributed by atoms with E-state index >= 15 is 0 Å². The van der Waals surface area contributed by atoms with Crippen LogP contribution in [0.4, 0.5) is 0 Å². The van der Waals surface area contributed by atoms with Gasteiger partial charge in [-0.05, 0) is 0 Å². The van der Waals surface area contributed by atoms with Crippen molar-refractivity contribution in [3.05, 3.63) is 48.9 Å². The van der Waals surface area contributed by atoms with E-state index in [9.17, 15) is 0 Å².